The Kier molecular flexibility index (Phi) is 3.68. The van der Waals surface area contributed by atoms with Gasteiger partial charge < -0.3 is 0 Å². The highest BCUT2D eigenvalue weighted by atomic mass is 16.1. The third kappa shape index (κ3) is 2.61. The molecule has 0 unspecified atom stereocenters. The molecule has 0 N–H and O–H groups in total. The van der Waals surface area contributed by atoms with E-state index in [-0.39, 0.29) is 5.78 Å². The summed E-state index contributed by atoms with van der Waals surface area (Å²) in [6.45, 7) is 0. The van der Waals surface area contributed by atoms with Crippen LogP contribution in [0, 0.1) is 0 Å². The van der Waals surface area contributed by atoms with E-state index in [0.717, 1.165) is 27.3 Å². The summed E-state index contributed by atoms with van der Waals surface area (Å²) in [5.41, 5.74) is 1.77. The van der Waals surface area contributed by atoms with Gasteiger partial charge in [-0.2, -0.15) is 0 Å². The third-order valence-electron chi connectivity index (χ3n) is 4.26. The summed E-state index contributed by atoms with van der Waals surface area (Å²) in [6, 6.07) is 28.2. The Hall–Kier alpha value is -3.19. The maximum atomic E-state index is 12.8. The van der Waals surface area contributed by atoms with E-state index in [1.807, 2.05) is 72.8 Å². The van der Waals surface area contributed by atoms with E-state index in [2.05, 4.69) is 18.2 Å². The molecule has 0 atom stereocenters. The number of hydrogen-bond acceptors (Lipinski definition) is 1. The van der Waals surface area contributed by atoms with Crippen molar-refractivity contribution in [3.63, 3.8) is 0 Å². The van der Waals surface area contributed by atoms with Crippen LogP contribution in [0.2, 0.25) is 0 Å². The molecule has 24 heavy (non-hydrogen) atoms. The second-order valence-corrected chi connectivity index (χ2v) is 5.80. The first-order chi connectivity index (χ1) is 11.8. The van der Waals surface area contributed by atoms with Crippen molar-refractivity contribution in [2.45, 2.75) is 0 Å². The van der Waals surface area contributed by atoms with Crippen molar-refractivity contribution >= 4 is 33.4 Å². The molecule has 4 aromatic carbocycles. The first-order valence-corrected chi connectivity index (χ1v) is 8.01. The van der Waals surface area contributed by atoms with E-state index < -0.39 is 0 Å². The number of hydrogen-bond donors (Lipinski definition) is 0. The molecular formula is C23H16O. The van der Waals surface area contributed by atoms with Gasteiger partial charge in [-0.05, 0) is 39.3 Å². The average molecular weight is 308 g/mol. The van der Waals surface area contributed by atoms with Gasteiger partial charge in [0.1, 0.15) is 0 Å². The van der Waals surface area contributed by atoms with Gasteiger partial charge in [-0.25, -0.2) is 0 Å². The van der Waals surface area contributed by atoms with Crippen LogP contribution in [0.3, 0.4) is 0 Å². The van der Waals surface area contributed by atoms with Crippen LogP contribution in [-0.4, -0.2) is 5.78 Å². The van der Waals surface area contributed by atoms with E-state index >= 15 is 0 Å². The fourth-order valence-corrected chi connectivity index (χ4v) is 3.08. The van der Waals surface area contributed by atoms with Gasteiger partial charge >= 0.3 is 0 Å². The molecule has 0 saturated carbocycles. The van der Waals surface area contributed by atoms with Crippen LogP contribution in [0.4, 0.5) is 0 Å². The highest BCUT2D eigenvalue weighted by Gasteiger charge is 2.10. The molecule has 1 heteroatoms. The smallest absolute Gasteiger partial charge is 0.186 e. The molecule has 4 aromatic rings. The molecule has 0 amide bonds. The maximum absolute atomic E-state index is 12.8. The Morgan fingerprint density at radius 2 is 1.29 bits per heavy atom. The standard InChI is InChI=1S/C23H16O/c24-23(15-14-17-8-2-1-3-9-17)22-16-18-10-4-5-11-19(18)20-12-6-7-13-21(20)22/h1-16H/b15-14-. The molecule has 0 fully saturated rings. The van der Waals surface area contributed by atoms with Gasteiger partial charge in [0.15, 0.2) is 5.78 Å². The maximum Gasteiger partial charge on any atom is 0.186 e. The van der Waals surface area contributed by atoms with E-state index in [1.165, 1.54) is 5.39 Å². The van der Waals surface area contributed by atoms with Gasteiger partial charge in [0.05, 0.1) is 0 Å². The third-order valence-corrected chi connectivity index (χ3v) is 4.26. The van der Waals surface area contributed by atoms with Crippen molar-refractivity contribution in [1.29, 1.82) is 0 Å². The number of benzene rings is 4. The van der Waals surface area contributed by atoms with Crippen LogP contribution in [0.5, 0.6) is 0 Å². The van der Waals surface area contributed by atoms with Crippen molar-refractivity contribution < 1.29 is 4.79 Å². The van der Waals surface area contributed by atoms with E-state index in [9.17, 15) is 4.79 Å². The van der Waals surface area contributed by atoms with E-state index in [1.54, 1.807) is 6.08 Å². The molecule has 0 saturated heterocycles. The lowest BCUT2D eigenvalue weighted by atomic mass is 9.95. The van der Waals surface area contributed by atoms with Gasteiger partial charge in [0.2, 0.25) is 0 Å². The molecule has 0 aliphatic rings. The normalized spacial score (nSPS) is 11.3. The number of carbonyl (C=O) groups is 1. The van der Waals surface area contributed by atoms with Crippen LogP contribution < -0.4 is 0 Å². The predicted molar refractivity (Wildman–Crippen MR) is 101 cm³/mol. The Labute approximate surface area is 140 Å². The molecule has 0 bridgehead atoms. The molecular weight excluding hydrogens is 292 g/mol. The van der Waals surface area contributed by atoms with E-state index in [0.29, 0.717) is 0 Å². The molecule has 0 radical (unpaired) electrons. The molecule has 1 nitrogen and oxygen atoms in total. The summed E-state index contributed by atoms with van der Waals surface area (Å²) in [7, 11) is 0. The minimum absolute atomic E-state index is 0.0285. The zero-order valence-corrected chi connectivity index (χ0v) is 13.1. The molecule has 114 valence electrons. The van der Waals surface area contributed by atoms with E-state index in [4.69, 9.17) is 0 Å². The summed E-state index contributed by atoms with van der Waals surface area (Å²) in [5.74, 6) is 0.0285. The molecule has 4 rings (SSSR count). The number of carbonyl (C=O) groups excluding carboxylic acids is 1. The second-order valence-electron chi connectivity index (χ2n) is 5.80. The molecule has 0 aromatic heterocycles. The van der Waals surface area contributed by atoms with Gasteiger partial charge in [0.25, 0.3) is 0 Å². The summed E-state index contributed by atoms with van der Waals surface area (Å²) in [4.78, 5) is 12.8. The second kappa shape index (κ2) is 6.13. The van der Waals surface area contributed by atoms with Gasteiger partial charge in [-0.1, -0.05) is 84.9 Å². The Morgan fingerprint density at radius 1 is 0.667 bits per heavy atom. The van der Waals surface area contributed by atoms with Crippen molar-refractivity contribution in [3.05, 3.63) is 102 Å². The summed E-state index contributed by atoms with van der Waals surface area (Å²) in [6.07, 6.45) is 3.53. The highest BCUT2D eigenvalue weighted by Crippen LogP contribution is 2.29. The quantitative estimate of drug-likeness (QED) is 0.262. The summed E-state index contributed by atoms with van der Waals surface area (Å²) >= 11 is 0. The zero-order valence-electron chi connectivity index (χ0n) is 13.1. The number of ketones is 1. The summed E-state index contributed by atoms with van der Waals surface area (Å²) in [5, 5.41) is 4.38. The first-order valence-electron chi connectivity index (χ1n) is 8.01. The van der Waals surface area contributed by atoms with Crippen LogP contribution in [-0.2, 0) is 0 Å². The Balaban J connectivity index is 1.86. The molecule has 0 spiro atoms. The van der Waals surface area contributed by atoms with Gasteiger partial charge in [-0.15, -0.1) is 0 Å². The van der Waals surface area contributed by atoms with Crippen molar-refractivity contribution in [1.82, 2.24) is 0 Å². The first kappa shape index (κ1) is 14.4. The average Bonchev–Trinajstić information content (AvgIpc) is 2.66. The Bertz CT molecular complexity index is 1060. The SMILES string of the molecule is O=C(/C=C\c1ccccc1)c1cc2ccccc2c2ccccc12. The fraction of sp³-hybridized carbons (Fsp3) is 0. The minimum atomic E-state index is 0.0285. The van der Waals surface area contributed by atoms with Crippen molar-refractivity contribution in [3.8, 4) is 0 Å². The lowest BCUT2D eigenvalue weighted by Crippen LogP contribution is -1.96. The largest absolute Gasteiger partial charge is 0.289 e. The van der Waals surface area contributed by atoms with Crippen molar-refractivity contribution in [2.24, 2.45) is 0 Å². The predicted octanol–water partition coefficient (Wildman–Crippen LogP) is 5.89. The van der Waals surface area contributed by atoms with Crippen LogP contribution in [0.1, 0.15) is 15.9 Å². The summed E-state index contributed by atoms with van der Waals surface area (Å²) < 4.78 is 0. The minimum Gasteiger partial charge on any atom is -0.289 e. The topological polar surface area (TPSA) is 17.1 Å². The van der Waals surface area contributed by atoms with Gasteiger partial charge in [-0.3, -0.25) is 4.79 Å². The lowest BCUT2D eigenvalue weighted by molar-refractivity contribution is 0.104. The molecule has 0 aliphatic carbocycles. The van der Waals surface area contributed by atoms with Crippen molar-refractivity contribution in [2.75, 3.05) is 0 Å². The van der Waals surface area contributed by atoms with Crippen LogP contribution >= 0.6 is 0 Å². The lowest BCUT2D eigenvalue weighted by Gasteiger charge is -2.08. The fourth-order valence-electron chi connectivity index (χ4n) is 3.08. The molecule has 0 aliphatic heterocycles. The zero-order chi connectivity index (χ0) is 16.4. The van der Waals surface area contributed by atoms with Gasteiger partial charge in [0, 0.05) is 5.56 Å². The number of allylic oxidation sites excluding steroid dienone is 1. The molecule has 0 heterocycles. The number of fused-ring (bicyclic) bond motifs is 3. The monoisotopic (exact) mass is 308 g/mol. The van der Waals surface area contributed by atoms with Crippen LogP contribution in [0.15, 0.2) is 91.0 Å². The Morgan fingerprint density at radius 3 is 2.08 bits per heavy atom. The number of rotatable bonds is 3. The highest BCUT2D eigenvalue weighted by molar-refractivity contribution is 6.21. The van der Waals surface area contributed by atoms with Crippen LogP contribution in [0.25, 0.3) is 27.6 Å².